The summed E-state index contributed by atoms with van der Waals surface area (Å²) in [6, 6.07) is 0. The molecule has 0 unspecified atom stereocenters. The monoisotopic (exact) mass is 186 g/mol. The molecule has 0 rings (SSSR count). The van der Waals surface area contributed by atoms with Crippen molar-refractivity contribution >= 4 is 17.7 Å². The Morgan fingerprint density at radius 2 is 1.46 bits per heavy atom. The van der Waals surface area contributed by atoms with Gasteiger partial charge in [0.05, 0.1) is 0 Å². The van der Waals surface area contributed by atoms with Gasteiger partial charge in [0.2, 0.25) is 5.76 Å². The van der Waals surface area contributed by atoms with Crippen LogP contribution in [0.1, 0.15) is 0 Å². The van der Waals surface area contributed by atoms with Crippen molar-refractivity contribution in [3.63, 3.8) is 0 Å². The van der Waals surface area contributed by atoms with Crippen molar-refractivity contribution in [1.82, 2.24) is 0 Å². The number of ketones is 1. The summed E-state index contributed by atoms with van der Waals surface area (Å²) in [5, 5.41) is 24.7. The molecule has 0 heterocycles. The van der Waals surface area contributed by atoms with Gasteiger partial charge in [0.15, 0.2) is 5.78 Å². The molecule has 0 aliphatic heterocycles. The lowest BCUT2D eigenvalue weighted by atomic mass is 10.3. The van der Waals surface area contributed by atoms with Gasteiger partial charge < -0.3 is 15.3 Å². The number of aliphatic hydroxyl groups is 1. The maximum Gasteiger partial charge on any atom is 0.371 e. The van der Waals surface area contributed by atoms with E-state index in [4.69, 9.17) is 15.3 Å². The fraction of sp³-hybridized carbons (Fsp3) is 0. The molecule has 0 bridgehead atoms. The second kappa shape index (κ2) is 4.70. The first-order valence-corrected chi connectivity index (χ1v) is 3.02. The highest BCUT2D eigenvalue weighted by molar-refractivity contribution is 6.05. The molecule has 0 fully saturated rings. The van der Waals surface area contributed by atoms with E-state index >= 15 is 0 Å². The Morgan fingerprint density at radius 1 is 0.923 bits per heavy atom. The minimum absolute atomic E-state index is 0.405. The maximum atomic E-state index is 10.6. The van der Waals surface area contributed by atoms with Crippen molar-refractivity contribution in [2.24, 2.45) is 0 Å². The molecule has 0 aromatic rings. The van der Waals surface area contributed by atoms with Gasteiger partial charge in [0.1, 0.15) is 0 Å². The summed E-state index contributed by atoms with van der Waals surface area (Å²) in [7, 11) is 0. The summed E-state index contributed by atoms with van der Waals surface area (Å²) < 4.78 is 0. The van der Waals surface area contributed by atoms with Crippen LogP contribution in [-0.4, -0.2) is 33.0 Å². The van der Waals surface area contributed by atoms with E-state index in [0.29, 0.717) is 18.2 Å². The number of carbonyl (C=O) groups excluding carboxylic acids is 1. The molecule has 0 saturated carbocycles. The number of rotatable bonds is 4. The summed E-state index contributed by atoms with van der Waals surface area (Å²) in [4.78, 5) is 30.5. The van der Waals surface area contributed by atoms with Crippen LogP contribution < -0.4 is 0 Å². The molecule has 6 heteroatoms. The summed E-state index contributed by atoms with van der Waals surface area (Å²) in [5.41, 5.74) is 0. The Balaban J connectivity index is 4.39. The lowest BCUT2D eigenvalue weighted by molar-refractivity contribution is -0.135. The highest BCUT2D eigenvalue weighted by Gasteiger charge is 2.05. The van der Waals surface area contributed by atoms with Gasteiger partial charge in [-0.2, -0.15) is 0 Å². The zero-order valence-corrected chi connectivity index (χ0v) is 6.30. The number of aliphatic hydroxyl groups excluding tert-OH is 1. The minimum Gasteiger partial charge on any atom is -0.502 e. The molecule has 0 aromatic carbocycles. The fourth-order valence-electron chi connectivity index (χ4n) is 0.398. The molecule has 70 valence electrons. The standard InChI is InChI=1S/C7H6O6/c8-4(1-2-6(10)11)3-5(9)7(12)13/h1-3,9H,(H,10,11)(H,12,13)/b2-1-,5-3-. The zero-order valence-electron chi connectivity index (χ0n) is 6.30. The Hall–Kier alpha value is -2.11. The number of carboxylic acid groups (broad SMARTS) is 2. The molecule has 0 amide bonds. The number of hydrogen-bond donors (Lipinski definition) is 3. The van der Waals surface area contributed by atoms with Crippen LogP contribution in [0, 0.1) is 0 Å². The highest BCUT2D eigenvalue weighted by atomic mass is 16.4. The molecule has 13 heavy (non-hydrogen) atoms. The first-order chi connectivity index (χ1) is 5.93. The summed E-state index contributed by atoms with van der Waals surface area (Å²) in [6.07, 6.45) is 1.57. The molecule has 6 nitrogen and oxygen atoms in total. The predicted octanol–water partition coefficient (Wildman–Crippen LogP) is -0.277. The Kier molecular flexibility index (Phi) is 3.94. The molecule has 0 saturated heterocycles. The Labute approximate surface area is 72.4 Å². The van der Waals surface area contributed by atoms with E-state index in [0.717, 1.165) is 0 Å². The molecule has 3 N–H and O–H groups in total. The van der Waals surface area contributed by atoms with E-state index in [9.17, 15) is 14.4 Å². The first kappa shape index (κ1) is 10.9. The fourth-order valence-corrected chi connectivity index (χ4v) is 0.398. The molecule has 0 radical (unpaired) electrons. The van der Waals surface area contributed by atoms with E-state index in [-0.39, 0.29) is 0 Å². The van der Waals surface area contributed by atoms with E-state index < -0.39 is 23.5 Å². The molecular formula is C7H6O6. The SMILES string of the molecule is O=C(O)/C=C\C(=O)/C=C(\O)C(=O)O. The second-order valence-electron chi connectivity index (χ2n) is 1.91. The number of carbonyl (C=O) groups is 3. The van der Waals surface area contributed by atoms with Crippen LogP contribution in [0.15, 0.2) is 24.0 Å². The zero-order chi connectivity index (χ0) is 10.4. The number of carboxylic acids is 2. The minimum atomic E-state index is -1.66. The van der Waals surface area contributed by atoms with Gasteiger partial charge in [-0.25, -0.2) is 9.59 Å². The van der Waals surface area contributed by atoms with Crippen LogP contribution in [0.25, 0.3) is 0 Å². The Morgan fingerprint density at radius 3 is 1.85 bits per heavy atom. The van der Waals surface area contributed by atoms with Crippen LogP contribution in [0.4, 0.5) is 0 Å². The number of hydrogen-bond acceptors (Lipinski definition) is 4. The summed E-state index contributed by atoms with van der Waals surface area (Å²) in [5.74, 6) is -5.05. The smallest absolute Gasteiger partial charge is 0.371 e. The normalized spacial score (nSPS) is 11.5. The van der Waals surface area contributed by atoms with Crippen LogP contribution >= 0.6 is 0 Å². The molecule has 0 aliphatic carbocycles. The van der Waals surface area contributed by atoms with Gasteiger partial charge in [0.25, 0.3) is 0 Å². The molecule has 0 aliphatic rings. The van der Waals surface area contributed by atoms with Crippen LogP contribution in [0.2, 0.25) is 0 Å². The van der Waals surface area contributed by atoms with Crippen molar-refractivity contribution in [2.45, 2.75) is 0 Å². The largest absolute Gasteiger partial charge is 0.502 e. The Bertz CT molecular complexity index is 298. The third kappa shape index (κ3) is 5.19. The van der Waals surface area contributed by atoms with Gasteiger partial charge in [0, 0.05) is 12.2 Å². The topological polar surface area (TPSA) is 112 Å². The van der Waals surface area contributed by atoms with E-state index in [1.807, 2.05) is 0 Å². The van der Waals surface area contributed by atoms with Crippen molar-refractivity contribution < 1.29 is 29.7 Å². The van der Waals surface area contributed by atoms with Gasteiger partial charge in [-0.05, 0) is 6.08 Å². The first-order valence-electron chi connectivity index (χ1n) is 3.02. The number of aliphatic carboxylic acids is 2. The quantitative estimate of drug-likeness (QED) is 0.411. The van der Waals surface area contributed by atoms with Crippen LogP contribution in [-0.2, 0) is 14.4 Å². The predicted molar refractivity (Wildman–Crippen MR) is 40.1 cm³/mol. The van der Waals surface area contributed by atoms with E-state index in [2.05, 4.69) is 0 Å². The van der Waals surface area contributed by atoms with Crippen LogP contribution in [0.5, 0.6) is 0 Å². The van der Waals surface area contributed by atoms with E-state index in [1.54, 1.807) is 0 Å². The van der Waals surface area contributed by atoms with Gasteiger partial charge in [-0.1, -0.05) is 0 Å². The molecule has 0 spiro atoms. The van der Waals surface area contributed by atoms with Crippen molar-refractivity contribution in [1.29, 1.82) is 0 Å². The van der Waals surface area contributed by atoms with Crippen LogP contribution in [0.3, 0.4) is 0 Å². The van der Waals surface area contributed by atoms with Crippen molar-refractivity contribution in [3.05, 3.63) is 24.0 Å². The van der Waals surface area contributed by atoms with Crippen molar-refractivity contribution in [2.75, 3.05) is 0 Å². The molecule has 0 aromatic heterocycles. The molecule has 0 atom stereocenters. The highest BCUT2D eigenvalue weighted by Crippen LogP contribution is 1.90. The third-order valence-corrected chi connectivity index (χ3v) is 0.888. The van der Waals surface area contributed by atoms with Gasteiger partial charge >= 0.3 is 11.9 Å². The molecular weight excluding hydrogens is 180 g/mol. The lowest BCUT2D eigenvalue weighted by Crippen LogP contribution is -2.02. The summed E-state index contributed by atoms with van der Waals surface area (Å²) >= 11 is 0. The average molecular weight is 186 g/mol. The van der Waals surface area contributed by atoms with E-state index in [1.165, 1.54) is 0 Å². The average Bonchev–Trinajstić information content (AvgIpc) is 2.00. The number of allylic oxidation sites excluding steroid dienone is 2. The third-order valence-electron chi connectivity index (χ3n) is 0.888. The summed E-state index contributed by atoms with van der Waals surface area (Å²) in [6.45, 7) is 0. The maximum absolute atomic E-state index is 10.6. The van der Waals surface area contributed by atoms with Gasteiger partial charge in [-0.3, -0.25) is 4.79 Å². The van der Waals surface area contributed by atoms with Crippen molar-refractivity contribution in [3.8, 4) is 0 Å². The second-order valence-corrected chi connectivity index (χ2v) is 1.91. The van der Waals surface area contributed by atoms with Gasteiger partial charge in [-0.15, -0.1) is 0 Å². The lowest BCUT2D eigenvalue weighted by Gasteiger charge is -1.87.